The molecule has 0 radical (unpaired) electrons. The standard InChI is InChI=1S/C18H22FN3O2/c19-14-7-2-3-8-15(14)21-18(23)20-13-16(17-9-6-12-24-17)22-10-4-1-5-11-22/h2-3,6-9,12,16H,1,4-5,10-11,13H2,(H2,20,21,23)/t16-/m0/s1. The zero-order valence-corrected chi connectivity index (χ0v) is 13.5. The number of anilines is 1. The third-order valence-electron chi connectivity index (χ3n) is 4.28. The molecule has 1 aromatic heterocycles. The minimum Gasteiger partial charge on any atom is -0.468 e. The van der Waals surface area contributed by atoms with Crippen LogP contribution in [0.25, 0.3) is 0 Å². The van der Waals surface area contributed by atoms with Gasteiger partial charge in [0, 0.05) is 6.54 Å². The molecule has 2 heterocycles. The molecule has 6 heteroatoms. The first-order chi connectivity index (χ1) is 11.7. The van der Waals surface area contributed by atoms with Crippen molar-refractivity contribution in [2.24, 2.45) is 0 Å². The van der Waals surface area contributed by atoms with E-state index in [1.807, 2.05) is 12.1 Å². The zero-order chi connectivity index (χ0) is 16.8. The fraction of sp³-hybridized carbons (Fsp3) is 0.389. The number of urea groups is 1. The van der Waals surface area contributed by atoms with Crippen molar-refractivity contribution in [3.05, 3.63) is 54.2 Å². The summed E-state index contributed by atoms with van der Waals surface area (Å²) in [5.74, 6) is 0.384. The zero-order valence-electron chi connectivity index (χ0n) is 13.5. The minimum absolute atomic E-state index is 0.00771. The molecule has 3 rings (SSSR count). The van der Waals surface area contributed by atoms with Crippen LogP contribution in [0.5, 0.6) is 0 Å². The summed E-state index contributed by atoms with van der Waals surface area (Å²) >= 11 is 0. The van der Waals surface area contributed by atoms with Crippen LogP contribution >= 0.6 is 0 Å². The first-order valence-corrected chi connectivity index (χ1v) is 8.31. The second kappa shape index (κ2) is 7.97. The lowest BCUT2D eigenvalue weighted by molar-refractivity contribution is 0.144. The van der Waals surface area contributed by atoms with Crippen molar-refractivity contribution in [3.63, 3.8) is 0 Å². The summed E-state index contributed by atoms with van der Waals surface area (Å²) < 4.78 is 19.1. The van der Waals surface area contributed by atoms with E-state index in [1.54, 1.807) is 18.4 Å². The monoisotopic (exact) mass is 331 g/mol. The molecule has 1 aliphatic rings. The largest absolute Gasteiger partial charge is 0.468 e. The van der Waals surface area contributed by atoms with Crippen molar-refractivity contribution >= 4 is 11.7 Å². The number of benzene rings is 1. The SMILES string of the molecule is O=C(NC[C@@H](c1ccco1)N1CCCCC1)Nc1ccccc1F. The number of carbonyl (C=O) groups is 1. The second-order valence-electron chi connectivity index (χ2n) is 5.94. The third-order valence-corrected chi connectivity index (χ3v) is 4.28. The van der Waals surface area contributed by atoms with Gasteiger partial charge in [0.25, 0.3) is 0 Å². The average Bonchev–Trinajstić information content (AvgIpc) is 3.12. The number of amides is 2. The Kier molecular flexibility index (Phi) is 5.48. The molecule has 2 amide bonds. The molecule has 0 saturated carbocycles. The number of carbonyl (C=O) groups excluding carboxylic acids is 1. The van der Waals surface area contributed by atoms with Crippen LogP contribution in [0.2, 0.25) is 0 Å². The van der Waals surface area contributed by atoms with Crippen LogP contribution in [0.1, 0.15) is 31.1 Å². The summed E-state index contributed by atoms with van der Waals surface area (Å²) in [5, 5.41) is 5.37. The molecule has 1 fully saturated rings. The van der Waals surface area contributed by atoms with E-state index in [9.17, 15) is 9.18 Å². The number of nitrogens with zero attached hydrogens (tertiary/aromatic N) is 1. The Morgan fingerprint density at radius 2 is 1.96 bits per heavy atom. The van der Waals surface area contributed by atoms with E-state index in [1.165, 1.54) is 18.6 Å². The van der Waals surface area contributed by atoms with E-state index in [2.05, 4.69) is 15.5 Å². The number of rotatable bonds is 5. The Labute approximate surface area is 140 Å². The number of hydrogen-bond donors (Lipinski definition) is 2. The van der Waals surface area contributed by atoms with Gasteiger partial charge in [-0.05, 0) is 50.2 Å². The van der Waals surface area contributed by atoms with Gasteiger partial charge in [-0.3, -0.25) is 4.90 Å². The number of para-hydroxylation sites is 1. The van der Waals surface area contributed by atoms with Crippen molar-refractivity contribution < 1.29 is 13.6 Å². The van der Waals surface area contributed by atoms with Gasteiger partial charge in [-0.25, -0.2) is 9.18 Å². The van der Waals surface area contributed by atoms with Crippen molar-refractivity contribution in [1.29, 1.82) is 0 Å². The number of furan rings is 1. The van der Waals surface area contributed by atoms with Crippen molar-refractivity contribution in [3.8, 4) is 0 Å². The summed E-state index contributed by atoms with van der Waals surface area (Å²) in [4.78, 5) is 14.4. The fourth-order valence-electron chi connectivity index (χ4n) is 3.04. The van der Waals surface area contributed by atoms with Crippen LogP contribution in [-0.2, 0) is 0 Å². The summed E-state index contributed by atoms with van der Waals surface area (Å²) in [5.41, 5.74) is 0.169. The number of hydrogen-bond acceptors (Lipinski definition) is 3. The van der Waals surface area contributed by atoms with Gasteiger partial charge in [-0.15, -0.1) is 0 Å². The van der Waals surface area contributed by atoms with Crippen molar-refractivity contribution in [2.45, 2.75) is 25.3 Å². The lowest BCUT2D eigenvalue weighted by Gasteiger charge is -2.33. The maximum absolute atomic E-state index is 13.6. The number of halogens is 1. The first-order valence-electron chi connectivity index (χ1n) is 8.31. The molecule has 0 aliphatic carbocycles. The van der Waals surface area contributed by atoms with E-state index in [4.69, 9.17) is 4.42 Å². The van der Waals surface area contributed by atoms with Gasteiger partial charge in [-0.1, -0.05) is 18.6 Å². The van der Waals surface area contributed by atoms with Crippen molar-refractivity contribution in [2.75, 3.05) is 25.0 Å². The lowest BCUT2D eigenvalue weighted by atomic mass is 10.1. The molecule has 2 aromatic rings. The molecule has 1 aliphatic heterocycles. The second-order valence-corrected chi connectivity index (χ2v) is 5.94. The Morgan fingerprint density at radius 1 is 1.17 bits per heavy atom. The van der Waals surface area contributed by atoms with Crippen LogP contribution in [0, 0.1) is 5.82 Å². The summed E-state index contributed by atoms with van der Waals surface area (Å²) in [7, 11) is 0. The predicted molar refractivity (Wildman–Crippen MR) is 90.3 cm³/mol. The van der Waals surface area contributed by atoms with Gasteiger partial charge in [0.15, 0.2) is 0 Å². The third kappa shape index (κ3) is 4.14. The van der Waals surface area contributed by atoms with Crippen LogP contribution in [-0.4, -0.2) is 30.6 Å². The smallest absolute Gasteiger partial charge is 0.319 e. The molecule has 2 N–H and O–H groups in total. The molecule has 1 aromatic carbocycles. The molecular weight excluding hydrogens is 309 g/mol. The molecule has 0 unspecified atom stereocenters. The first kappa shape index (κ1) is 16.5. The van der Waals surface area contributed by atoms with Crippen molar-refractivity contribution in [1.82, 2.24) is 10.2 Å². The Bertz CT molecular complexity index is 654. The minimum atomic E-state index is -0.453. The number of nitrogens with one attached hydrogen (secondary N) is 2. The molecule has 0 spiro atoms. The molecule has 24 heavy (non-hydrogen) atoms. The topological polar surface area (TPSA) is 57.5 Å². The predicted octanol–water partition coefficient (Wildman–Crippen LogP) is 3.77. The Hall–Kier alpha value is -2.34. The highest BCUT2D eigenvalue weighted by Crippen LogP contribution is 2.24. The van der Waals surface area contributed by atoms with E-state index in [-0.39, 0.29) is 11.7 Å². The summed E-state index contributed by atoms with van der Waals surface area (Å²) in [6, 6.07) is 9.46. The van der Waals surface area contributed by atoms with Crippen LogP contribution < -0.4 is 10.6 Å². The number of likely N-dealkylation sites (tertiary alicyclic amines) is 1. The van der Waals surface area contributed by atoms with Crippen LogP contribution in [0.15, 0.2) is 47.1 Å². The molecule has 128 valence electrons. The maximum Gasteiger partial charge on any atom is 0.319 e. The lowest BCUT2D eigenvalue weighted by Crippen LogP contribution is -2.41. The van der Waals surface area contributed by atoms with E-state index < -0.39 is 11.8 Å². The van der Waals surface area contributed by atoms with Gasteiger partial charge in [0.05, 0.1) is 18.0 Å². The highest BCUT2D eigenvalue weighted by Gasteiger charge is 2.24. The van der Waals surface area contributed by atoms with Gasteiger partial charge in [0.1, 0.15) is 11.6 Å². The molecule has 1 atom stereocenters. The molecular formula is C18H22FN3O2. The van der Waals surface area contributed by atoms with E-state index in [0.717, 1.165) is 31.7 Å². The van der Waals surface area contributed by atoms with Gasteiger partial charge in [0.2, 0.25) is 0 Å². The average molecular weight is 331 g/mol. The van der Waals surface area contributed by atoms with Gasteiger partial charge < -0.3 is 15.1 Å². The highest BCUT2D eigenvalue weighted by atomic mass is 19.1. The highest BCUT2D eigenvalue weighted by molar-refractivity contribution is 5.89. The molecule has 5 nitrogen and oxygen atoms in total. The fourth-order valence-corrected chi connectivity index (χ4v) is 3.04. The molecule has 1 saturated heterocycles. The quantitative estimate of drug-likeness (QED) is 0.877. The van der Waals surface area contributed by atoms with E-state index >= 15 is 0 Å². The normalized spacial score (nSPS) is 16.5. The van der Waals surface area contributed by atoms with Gasteiger partial charge in [-0.2, -0.15) is 0 Å². The number of piperidine rings is 1. The van der Waals surface area contributed by atoms with Crippen LogP contribution in [0.4, 0.5) is 14.9 Å². The Morgan fingerprint density at radius 3 is 2.67 bits per heavy atom. The van der Waals surface area contributed by atoms with Gasteiger partial charge >= 0.3 is 6.03 Å². The Balaban J connectivity index is 1.61. The summed E-state index contributed by atoms with van der Waals surface area (Å²) in [6.45, 7) is 2.39. The summed E-state index contributed by atoms with van der Waals surface area (Å²) in [6.07, 6.45) is 5.19. The van der Waals surface area contributed by atoms with Crippen LogP contribution in [0.3, 0.4) is 0 Å². The maximum atomic E-state index is 13.6. The molecule has 0 bridgehead atoms. The van der Waals surface area contributed by atoms with E-state index in [0.29, 0.717) is 6.54 Å².